The Morgan fingerprint density at radius 2 is 1.58 bits per heavy atom. The van der Waals surface area contributed by atoms with E-state index >= 15 is 0 Å². The molecule has 0 aliphatic heterocycles. The molecule has 0 saturated heterocycles. The lowest BCUT2D eigenvalue weighted by Crippen LogP contribution is -2.39. The Labute approximate surface area is 137 Å². The molecule has 0 radical (unpaired) electrons. The number of carboxylic acids is 1. The van der Waals surface area contributed by atoms with Gasteiger partial charge in [0.25, 0.3) is 0 Å². The van der Waals surface area contributed by atoms with Crippen LogP contribution in [0, 0.1) is 5.92 Å². The van der Waals surface area contributed by atoms with Crippen molar-refractivity contribution in [2.75, 3.05) is 6.54 Å². The van der Waals surface area contributed by atoms with Gasteiger partial charge in [-0.3, -0.25) is 19.2 Å². The van der Waals surface area contributed by atoms with Crippen LogP contribution in [0.3, 0.4) is 0 Å². The van der Waals surface area contributed by atoms with Gasteiger partial charge in [-0.05, 0) is 11.1 Å². The number of amides is 1. The molecule has 0 heterocycles. The van der Waals surface area contributed by atoms with Crippen LogP contribution in [-0.2, 0) is 9.59 Å². The number of carboxylic acid groups (broad SMARTS) is 1. The zero-order valence-corrected chi connectivity index (χ0v) is 12.5. The lowest BCUT2D eigenvalue weighted by Gasteiger charge is -2.08. The zero-order valence-electron chi connectivity index (χ0n) is 12.5. The van der Waals surface area contributed by atoms with Crippen molar-refractivity contribution in [3.63, 3.8) is 0 Å². The number of carbonyl (C=O) groups excluding carboxylic acids is 3. The quantitative estimate of drug-likeness (QED) is 0.832. The summed E-state index contributed by atoms with van der Waals surface area (Å²) in [6.45, 7) is -0.641. The molecular formula is C18H13NO5. The molecule has 1 aliphatic rings. The van der Waals surface area contributed by atoms with Gasteiger partial charge in [-0.2, -0.15) is 0 Å². The van der Waals surface area contributed by atoms with Gasteiger partial charge in [-0.15, -0.1) is 0 Å². The number of hydrogen-bond donors (Lipinski definition) is 2. The first-order valence-corrected chi connectivity index (χ1v) is 7.27. The van der Waals surface area contributed by atoms with Gasteiger partial charge in [0, 0.05) is 11.1 Å². The maximum absolute atomic E-state index is 12.7. The number of carbonyl (C=O) groups is 4. The fraction of sp³-hybridized carbons (Fsp3) is 0.111. The minimum atomic E-state index is -1.52. The first-order valence-electron chi connectivity index (χ1n) is 7.27. The van der Waals surface area contributed by atoms with Crippen LogP contribution in [0.15, 0.2) is 48.5 Å². The molecule has 1 amide bonds. The second-order valence-electron chi connectivity index (χ2n) is 5.37. The maximum Gasteiger partial charge on any atom is 0.322 e. The molecule has 2 aromatic carbocycles. The molecule has 6 heteroatoms. The largest absolute Gasteiger partial charge is 0.480 e. The number of rotatable bonds is 4. The highest BCUT2D eigenvalue weighted by molar-refractivity contribution is 6.36. The zero-order chi connectivity index (χ0) is 17.3. The predicted molar refractivity (Wildman–Crippen MR) is 84.7 cm³/mol. The Kier molecular flexibility index (Phi) is 3.95. The minimum absolute atomic E-state index is 0.192. The van der Waals surface area contributed by atoms with Crippen LogP contribution in [-0.4, -0.2) is 35.1 Å². The molecule has 24 heavy (non-hydrogen) atoms. The van der Waals surface area contributed by atoms with Crippen LogP contribution >= 0.6 is 0 Å². The Balaban J connectivity index is 2.01. The molecule has 1 aliphatic carbocycles. The summed E-state index contributed by atoms with van der Waals surface area (Å²) in [5.74, 6) is -4.86. The molecule has 0 saturated carbocycles. The normalized spacial score (nSPS) is 15.9. The third kappa shape index (κ3) is 2.58. The van der Waals surface area contributed by atoms with E-state index in [1.54, 1.807) is 12.1 Å². The average Bonchev–Trinajstić information content (AvgIpc) is 2.85. The van der Waals surface area contributed by atoms with E-state index in [0.29, 0.717) is 5.56 Å². The lowest BCUT2D eigenvalue weighted by atomic mass is 9.96. The van der Waals surface area contributed by atoms with Crippen molar-refractivity contribution in [1.29, 1.82) is 0 Å². The van der Waals surface area contributed by atoms with E-state index in [1.165, 1.54) is 6.07 Å². The number of hydrogen-bond acceptors (Lipinski definition) is 4. The van der Waals surface area contributed by atoms with E-state index in [9.17, 15) is 19.2 Å². The van der Waals surface area contributed by atoms with Crippen LogP contribution in [0.2, 0.25) is 0 Å². The topological polar surface area (TPSA) is 101 Å². The van der Waals surface area contributed by atoms with Gasteiger partial charge < -0.3 is 10.4 Å². The molecule has 120 valence electrons. The fourth-order valence-electron chi connectivity index (χ4n) is 2.80. The Bertz CT molecular complexity index is 857. The molecule has 1 atom stereocenters. The third-order valence-electron chi connectivity index (χ3n) is 3.86. The molecule has 3 rings (SSSR count). The minimum Gasteiger partial charge on any atom is -0.480 e. The van der Waals surface area contributed by atoms with Crippen molar-refractivity contribution in [3.8, 4) is 11.1 Å². The van der Waals surface area contributed by atoms with Gasteiger partial charge in [0.05, 0.1) is 0 Å². The van der Waals surface area contributed by atoms with Crippen LogP contribution in [0.5, 0.6) is 0 Å². The molecule has 6 nitrogen and oxygen atoms in total. The summed E-state index contributed by atoms with van der Waals surface area (Å²) in [5.41, 5.74) is 1.75. The molecule has 2 N–H and O–H groups in total. The van der Waals surface area contributed by atoms with Gasteiger partial charge in [0.1, 0.15) is 6.54 Å². The summed E-state index contributed by atoms with van der Waals surface area (Å²) in [5, 5.41) is 10.7. The summed E-state index contributed by atoms with van der Waals surface area (Å²) >= 11 is 0. The Hall–Kier alpha value is -3.28. The summed E-state index contributed by atoms with van der Waals surface area (Å²) in [7, 11) is 0. The first-order chi connectivity index (χ1) is 11.5. The van der Waals surface area contributed by atoms with E-state index in [-0.39, 0.29) is 11.1 Å². The molecule has 0 spiro atoms. The van der Waals surface area contributed by atoms with Gasteiger partial charge in [0.2, 0.25) is 5.91 Å². The summed E-state index contributed by atoms with van der Waals surface area (Å²) in [4.78, 5) is 47.7. The van der Waals surface area contributed by atoms with Crippen molar-refractivity contribution >= 4 is 23.4 Å². The molecular weight excluding hydrogens is 310 g/mol. The summed E-state index contributed by atoms with van der Waals surface area (Å²) < 4.78 is 0. The van der Waals surface area contributed by atoms with Crippen molar-refractivity contribution < 1.29 is 24.3 Å². The van der Waals surface area contributed by atoms with E-state index in [4.69, 9.17) is 5.11 Å². The monoisotopic (exact) mass is 323 g/mol. The van der Waals surface area contributed by atoms with Crippen LogP contribution in [0.1, 0.15) is 20.7 Å². The number of Topliss-reactive ketones (excluding diaryl/α,β-unsaturated/α-hetero) is 2. The second kappa shape index (κ2) is 6.08. The van der Waals surface area contributed by atoms with E-state index in [1.807, 2.05) is 30.3 Å². The highest BCUT2D eigenvalue weighted by atomic mass is 16.4. The first kappa shape index (κ1) is 15.6. The number of fused-ring (bicyclic) bond motifs is 1. The van der Waals surface area contributed by atoms with Crippen molar-refractivity contribution in [2.24, 2.45) is 5.92 Å². The summed E-state index contributed by atoms with van der Waals surface area (Å²) in [6.07, 6.45) is 0. The lowest BCUT2D eigenvalue weighted by molar-refractivity contribution is -0.138. The highest BCUT2D eigenvalue weighted by Crippen LogP contribution is 2.35. The second-order valence-corrected chi connectivity index (χ2v) is 5.37. The highest BCUT2D eigenvalue weighted by Gasteiger charge is 2.44. The average molecular weight is 323 g/mol. The van der Waals surface area contributed by atoms with Gasteiger partial charge in [-0.1, -0.05) is 48.5 Å². The van der Waals surface area contributed by atoms with Gasteiger partial charge in [0.15, 0.2) is 17.5 Å². The summed E-state index contributed by atoms with van der Waals surface area (Å²) in [6, 6.07) is 14.0. The third-order valence-corrected chi connectivity index (χ3v) is 3.86. The van der Waals surface area contributed by atoms with Crippen molar-refractivity contribution in [1.82, 2.24) is 5.32 Å². The van der Waals surface area contributed by atoms with E-state index < -0.39 is 35.9 Å². The standard InChI is InChI=1S/C18H13NO5/c20-13(21)9-19-18(24)15-16(22)12-8-4-7-11(14(12)17(15)23)10-5-2-1-3-6-10/h1-8,15H,9H2,(H,19,24)(H,20,21). The molecule has 1 unspecified atom stereocenters. The number of ketones is 2. The van der Waals surface area contributed by atoms with Crippen molar-refractivity contribution in [2.45, 2.75) is 0 Å². The van der Waals surface area contributed by atoms with Crippen LogP contribution in [0.25, 0.3) is 11.1 Å². The molecule has 0 bridgehead atoms. The smallest absolute Gasteiger partial charge is 0.322 e. The van der Waals surface area contributed by atoms with Gasteiger partial charge in [-0.25, -0.2) is 0 Å². The van der Waals surface area contributed by atoms with Gasteiger partial charge >= 0.3 is 5.97 Å². The number of benzene rings is 2. The molecule has 0 aromatic heterocycles. The van der Waals surface area contributed by atoms with Crippen molar-refractivity contribution in [3.05, 3.63) is 59.7 Å². The van der Waals surface area contributed by atoms with E-state index in [0.717, 1.165) is 5.56 Å². The Morgan fingerprint density at radius 3 is 2.25 bits per heavy atom. The van der Waals surface area contributed by atoms with Crippen LogP contribution < -0.4 is 5.32 Å². The number of aliphatic carboxylic acids is 1. The maximum atomic E-state index is 12.7. The number of nitrogens with one attached hydrogen (secondary N) is 1. The van der Waals surface area contributed by atoms with Crippen LogP contribution in [0.4, 0.5) is 0 Å². The van der Waals surface area contributed by atoms with E-state index in [2.05, 4.69) is 5.32 Å². The molecule has 0 fully saturated rings. The SMILES string of the molecule is O=C(O)CNC(=O)C1C(=O)c2cccc(-c3ccccc3)c2C1=O. The fourth-order valence-corrected chi connectivity index (χ4v) is 2.80. The predicted octanol–water partition coefficient (Wildman–Crippen LogP) is 1.55. The Morgan fingerprint density at radius 1 is 0.917 bits per heavy atom. The molecule has 2 aromatic rings.